The molecule has 1 aromatic rings. The first-order chi connectivity index (χ1) is 7.93. The summed E-state index contributed by atoms with van der Waals surface area (Å²) in [4.78, 5) is 18.5. The van der Waals surface area contributed by atoms with E-state index in [0.717, 1.165) is 5.69 Å². The normalized spacial score (nSPS) is 7.88. The zero-order valence-electron chi connectivity index (χ0n) is 9.24. The molecule has 8 N–H and O–H groups in total. The minimum atomic E-state index is -0.968. The van der Waals surface area contributed by atoms with E-state index in [1.807, 2.05) is 30.3 Å². The molecule has 0 radical (unpaired) electrons. The Kier molecular flexibility index (Phi) is 12.1. The van der Waals surface area contributed by atoms with Gasteiger partial charge in [-0.05, 0) is 12.1 Å². The number of carboxylic acid groups (broad SMARTS) is 2. The van der Waals surface area contributed by atoms with Crippen LogP contribution in [0.1, 0.15) is 0 Å². The number of benzene rings is 1. The van der Waals surface area contributed by atoms with E-state index >= 15 is 0 Å². The van der Waals surface area contributed by atoms with Gasteiger partial charge in [0, 0.05) is 5.69 Å². The first-order valence-electron chi connectivity index (χ1n) is 4.58. The van der Waals surface area contributed by atoms with E-state index in [0.29, 0.717) is 0 Å². The molecule has 1 aromatic carbocycles. The van der Waals surface area contributed by atoms with Crippen molar-refractivity contribution in [2.75, 3.05) is 18.8 Å². The molecular formula is C10H17N3O4. The van der Waals surface area contributed by atoms with Gasteiger partial charge in [-0.3, -0.25) is 9.59 Å². The van der Waals surface area contributed by atoms with Crippen LogP contribution in [-0.4, -0.2) is 35.2 Å². The maximum Gasteiger partial charge on any atom is 0.317 e. The minimum Gasteiger partial charge on any atom is -0.480 e. The van der Waals surface area contributed by atoms with Crippen LogP contribution in [-0.2, 0) is 9.59 Å². The lowest BCUT2D eigenvalue weighted by molar-refractivity contribution is -0.136. The average molecular weight is 243 g/mol. The molecule has 0 saturated heterocycles. The monoisotopic (exact) mass is 243 g/mol. The van der Waals surface area contributed by atoms with E-state index < -0.39 is 11.9 Å². The molecule has 7 heteroatoms. The van der Waals surface area contributed by atoms with Gasteiger partial charge in [-0.2, -0.15) is 0 Å². The molecule has 1 rings (SSSR count). The molecule has 0 bridgehead atoms. The number of nitrogen functional groups attached to an aromatic ring is 1. The highest BCUT2D eigenvalue weighted by molar-refractivity contribution is 5.68. The molecule has 0 aliphatic carbocycles. The van der Waals surface area contributed by atoms with Crippen LogP contribution in [0, 0.1) is 0 Å². The van der Waals surface area contributed by atoms with Crippen molar-refractivity contribution in [3.8, 4) is 0 Å². The van der Waals surface area contributed by atoms with Crippen LogP contribution in [0.4, 0.5) is 5.69 Å². The van der Waals surface area contributed by atoms with Crippen molar-refractivity contribution >= 4 is 17.6 Å². The van der Waals surface area contributed by atoms with Crippen molar-refractivity contribution in [3.63, 3.8) is 0 Å². The maximum absolute atomic E-state index is 9.24. The Morgan fingerprint density at radius 3 is 1.35 bits per heavy atom. The Hall–Kier alpha value is -2.12. The lowest BCUT2D eigenvalue weighted by atomic mass is 10.3. The van der Waals surface area contributed by atoms with Crippen molar-refractivity contribution in [2.24, 2.45) is 11.5 Å². The van der Waals surface area contributed by atoms with Crippen LogP contribution in [0.5, 0.6) is 0 Å². The van der Waals surface area contributed by atoms with E-state index in [9.17, 15) is 9.59 Å². The summed E-state index contributed by atoms with van der Waals surface area (Å²) in [6, 6.07) is 9.49. The molecule has 0 heterocycles. The summed E-state index contributed by atoms with van der Waals surface area (Å²) in [5, 5.41) is 15.2. The van der Waals surface area contributed by atoms with Crippen LogP contribution in [0.2, 0.25) is 0 Å². The van der Waals surface area contributed by atoms with Crippen molar-refractivity contribution in [3.05, 3.63) is 30.3 Å². The van der Waals surface area contributed by atoms with Crippen LogP contribution in [0.3, 0.4) is 0 Å². The SMILES string of the molecule is NCC(=O)O.NCC(=O)O.Nc1ccccc1. The molecule has 0 unspecified atom stereocenters. The minimum absolute atomic E-state index is 0.278. The topological polar surface area (TPSA) is 153 Å². The Bertz CT molecular complexity index is 303. The van der Waals surface area contributed by atoms with Crippen molar-refractivity contribution in [1.29, 1.82) is 0 Å². The molecule has 96 valence electrons. The third-order valence-corrected chi connectivity index (χ3v) is 1.15. The molecule has 0 aliphatic rings. The smallest absolute Gasteiger partial charge is 0.317 e. The second-order valence-electron chi connectivity index (χ2n) is 2.61. The molecule has 0 aliphatic heterocycles. The fourth-order valence-corrected chi connectivity index (χ4v) is 0.453. The Balaban J connectivity index is 0. The Labute approximate surface area is 98.8 Å². The first-order valence-corrected chi connectivity index (χ1v) is 4.58. The predicted molar refractivity (Wildman–Crippen MR) is 64.2 cm³/mol. The summed E-state index contributed by atoms with van der Waals surface area (Å²) in [5.41, 5.74) is 15.3. The standard InChI is InChI=1S/C6H7N.2C2H5NO2/c7-6-4-2-1-3-5-6;2*3-1-2(4)5/h1-5H,7H2;2*1,3H2,(H,4,5). The molecule has 0 aromatic heterocycles. The molecule has 0 amide bonds. The van der Waals surface area contributed by atoms with Gasteiger partial charge in [-0.1, -0.05) is 18.2 Å². The lowest BCUT2D eigenvalue weighted by Crippen LogP contribution is -2.10. The maximum atomic E-state index is 9.24. The van der Waals surface area contributed by atoms with Gasteiger partial charge in [0.2, 0.25) is 0 Å². The van der Waals surface area contributed by atoms with Gasteiger partial charge in [0.1, 0.15) is 0 Å². The number of carbonyl (C=O) groups is 2. The molecular weight excluding hydrogens is 226 g/mol. The van der Waals surface area contributed by atoms with Gasteiger partial charge in [-0.25, -0.2) is 0 Å². The third kappa shape index (κ3) is 20.1. The third-order valence-electron chi connectivity index (χ3n) is 1.15. The van der Waals surface area contributed by atoms with E-state index in [-0.39, 0.29) is 13.1 Å². The van der Waals surface area contributed by atoms with Gasteiger partial charge in [0.15, 0.2) is 0 Å². The molecule has 0 atom stereocenters. The van der Waals surface area contributed by atoms with Crippen LogP contribution >= 0.6 is 0 Å². The molecule has 0 spiro atoms. The summed E-state index contributed by atoms with van der Waals surface area (Å²) in [6.07, 6.45) is 0. The first kappa shape index (κ1) is 17.3. The average Bonchev–Trinajstić information content (AvgIpc) is 2.31. The zero-order valence-corrected chi connectivity index (χ0v) is 9.24. The van der Waals surface area contributed by atoms with Gasteiger partial charge >= 0.3 is 11.9 Å². The summed E-state index contributed by atoms with van der Waals surface area (Å²) < 4.78 is 0. The molecule has 0 saturated carbocycles. The number of nitrogens with two attached hydrogens (primary N) is 3. The van der Waals surface area contributed by atoms with Crippen molar-refractivity contribution in [2.45, 2.75) is 0 Å². The van der Waals surface area contributed by atoms with Crippen molar-refractivity contribution < 1.29 is 19.8 Å². The fraction of sp³-hybridized carbons (Fsp3) is 0.200. The Morgan fingerprint density at radius 2 is 1.24 bits per heavy atom. The Morgan fingerprint density at radius 1 is 0.941 bits per heavy atom. The summed E-state index contributed by atoms with van der Waals surface area (Å²) in [5.74, 6) is -1.94. The number of hydrogen-bond acceptors (Lipinski definition) is 5. The van der Waals surface area contributed by atoms with Crippen LogP contribution in [0.25, 0.3) is 0 Å². The van der Waals surface area contributed by atoms with Gasteiger partial charge in [-0.15, -0.1) is 0 Å². The van der Waals surface area contributed by atoms with Gasteiger partial charge < -0.3 is 27.4 Å². The van der Waals surface area contributed by atoms with Gasteiger partial charge in [0.25, 0.3) is 0 Å². The highest BCUT2D eigenvalue weighted by atomic mass is 16.4. The molecule has 7 nitrogen and oxygen atoms in total. The second kappa shape index (κ2) is 12.0. The zero-order chi connectivity index (χ0) is 13.7. The molecule has 17 heavy (non-hydrogen) atoms. The van der Waals surface area contributed by atoms with Gasteiger partial charge in [0.05, 0.1) is 13.1 Å². The number of rotatable bonds is 2. The number of carboxylic acids is 2. The predicted octanol–water partition coefficient (Wildman–Crippen LogP) is -0.672. The van der Waals surface area contributed by atoms with Crippen LogP contribution < -0.4 is 17.2 Å². The largest absolute Gasteiger partial charge is 0.480 e. The van der Waals surface area contributed by atoms with E-state index in [4.69, 9.17) is 15.9 Å². The summed E-state index contributed by atoms with van der Waals surface area (Å²) in [6.45, 7) is -0.556. The van der Waals surface area contributed by atoms with E-state index in [1.165, 1.54) is 0 Å². The van der Waals surface area contributed by atoms with E-state index in [1.54, 1.807) is 0 Å². The lowest BCUT2D eigenvalue weighted by Gasteiger charge is -1.83. The number of hydrogen-bond donors (Lipinski definition) is 5. The fourth-order valence-electron chi connectivity index (χ4n) is 0.453. The number of para-hydroxylation sites is 1. The second-order valence-corrected chi connectivity index (χ2v) is 2.61. The number of aliphatic carboxylic acids is 2. The van der Waals surface area contributed by atoms with E-state index in [2.05, 4.69) is 11.5 Å². The van der Waals surface area contributed by atoms with Crippen molar-refractivity contribution in [1.82, 2.24) is 0 Å². The molecule has 0 fully saturated rings. The highest BCUT2D eigenvalue weighted by Gasteiger charge is 1.81. The highest BCUT2D eigenvalue weighted by Crippen LogP contribution is 1.95. The van der Waals surface area contributed by atoms with Crippen LogP contribution in [0.15, 0.2) is 30.3 Å². The summed E-state index contributed by atoms with van der Waals surface area (Å²) >= 11 is 0. The number of anilines is 1. The quantitative estimate of drug-likeness (QED) is 0.431. The summed E-state index contributed by atoms with van der Waals surface area (Å²) in [7, 11) is 0.